The summed E-state index contributed by atoms with van der Waals surface area (Å²) < 4.78 is 34.8. The Morgan fingerprint density at radius 2 is 2.22 bits per heavy atom. The molecule has 0 spiro atoms. The Labute approximate surface area is 50.2 Å². The van der Waals surface area contributed by atoms with Crippen molar-refractivity contribution in [1.29, 1.82) is 0 Å². The van der Waals surface area contributed by atoms with E-state index in [1.54, 1.807) is 0 Å². The molecule has 1 heterocycles. The van der Waals surface area contributed by atoms with E-state index in [0.717, 1.165) is 6.20 Å². The molecule has 0 unspecified atom stereocenters. The SMILES string of the molecule is FC(F)(F)c1cn[nH]p1. The maximum atomic E-state index is 11.6. The second-order valence-electron chi connectivity index (χ2n) is 1.35. The highest BCUT2D eigenvalue weighted by Crippen LogP contribution is 2.32. The molecule has 0 saturated carbocycles. The normalized spacial score (nSPS) is 12.8. The van der Waals surface area contributed by atoms with Crippen molar-refractivity contribution in [1.82, 2.24) is 9.96 Å². The van der Waals surface area contributed by atoms with Crippen LogP contribution in [0.15, 0.2) is 6.20 Å². The molecular formula is C3H2F3N2P. The van der Waals surface area contributed by atoms with Gasteiger partial charge in [-0.15, -0.1) is 0 Å². The Bertz CT molecular complexity index is 179. The molecule has 6 heteroatoms. The van der Waals surface area contributed by atoms with Crippen molar-refractivity contribution < 1.29 is 13.2 Å². The molecule has 1 rings (SSSR count). The molecule has 2 nitrogen and oxygen atoms in total. The summed E-state index contributed by atoms with van der Waals surface area (Å²) in [4.78, 5) is 2.16. The van der Waals surface area contributed by atoms with E-state index in [0.29, 0.717) is 0 Å². The van der Waals surface area contributed by atoms with Gasteiger partial charge in [-0.2, -0.15) is 18.3 Å². The van der Waals surface area contributed by atoms with Gasteiger partial charge >= 0.3 is 6.18 Å². The van der Waals surface area contributed by atoms with Crippen molar-refractivity contribution >= 4 is 8.35 Å². The summed E-state index contributed by atoms with van der Waals surface area (Å²) in [5, 5.41) is 2.54. The number of hydrogen-bond donors (Lipinski definition) is 1. The van der Waals surface area contributed by atoms with Gasteiger partial charge in [0.15, 0.2) is 0 Å². The molecule has 0 aromatic carbocycles. The highest BCUT2D eigenvalue weighted by atomic mass is 31.0. The minimum Gasteiger partial charge on any atom is -0.259 e. The summed E-state index contributed by atoms with van der Waals surface area (Å²) in [7, 11) is 0.0197. The molecule has 0 radical (unpaired) electrons. The third-order valence-electron chi connectivity index (χ3n) is 0.705. The Morgan fingerprint density at radius 1 is 1.56 bits per heavy atom. The van der Waals surface area contributed by atoms with Crippen LogP contribution >= 0.6 is 8.35 Å². The van der Waals surface area contributed by atoms with Gasteiger partial charge in [-0.05, 0) is 0 Å². The third kappa shape index (κ3) is 1.42. The fourth-order valence-electron chi connectivity index (χ4n) is 0.338. The lowest BCUT2D eigenvalue weighted by Crippen LogP contribution is -2.00. The van der Waals surface area contributed by atoms with Gasteiger partial charge in [0.2, 0.25) is 0 Å². The zero-order valence-corrected chi connectivity index (χ0v) is 5.00. The minimum atomic E-state index is -4.23. The number of hydrogen-bond acceptors (Lipinski definition) is 1. The summed E-state index contributed by atoms with van der Waals surface area (Å²) in [5.74, 6) is 0. The lowest BCUT2D eigenvalue weighted by atomic mass is 10.5. The van der Waals surface area contributed by atoms with E-state index in [1.165, 1.54) is 0 Å². The van der Waals surface area contributed by atoms with Crippen molar-refractivity contribution in [2.75, 3.05) is 0 Å². The van der Waals surface area contributed by atoms with Crippen molar-refractivity contribution in [2.24, 2.45) is 0 Å². The Hall–Kier alpha value is -0.570. The van der Waals surface area contributed by atoms with Crippen LogP contribution < -0.4 is 0 Å². The lowest BCUT2D eigenvalue weighted by Gasteiger charge is -1.98. The smallest absolute Gasteiger partial charge is 0.259 e. The lowest BCUT2D eigenvalue weighted by molar-refractivity contribution is -0.134. The Morgan fingerprint density at radius 3 is 2.44 bits per heavy atom. The third-order valence-corrected chi connectivity index (χ3v) is 1.53. The number of alkyl halides is 3. The van der Waals surface area contributed by atoms with Crippen LogP contribution in [-0.4, -0.2) is 9.96 Å². The van der Waals surface area contributed by atoms with Crippen LogP contribution in [0.2, 0.25) is 0 Å². The van der Waals surface area contributed by atoms with E-state index in [1.807, 2.05) is 0 Å². The van der Waals surface area contributed by atoms with Crippen LogP contribution in [0.4, 0.5) is 13.2 Å². The van der Waals surface area contributed by atoms with E-state index >= 15 is 0 Å². The van der Waals surface area contributed by atoms with E-state index in [9.17, 15) is 13.2 Å². The maximum Gasteiger partial charge on any atom is 0.423 e. The second kappa shape index (κ2) is 1.99. The van der Waals surface area contributed by atoms with Crippen LogP contribution in [0, 0.1) is 0 Å². The number of aromatic amines is 1. The van der Waals surface area contributed by atoms with Crippen LogP contribution in [0.5, 0.6) is 0 Å². The van der Waals surface area contributed by atoms with E-state index < -0.39 is 11.5 Å². The largest absolute Gasteiger partial charge is 0.423 e. The molecule has 1 aromatic heterocycles. The number of aromatic nitrogens is 2. The van der Waals surface area contributed by atoms with Gasteiger partial charge in [0.05, 0.1) is 6.20 Å². The first-order chi connectivity index (χ1) is 4.11. The van der Waals surface area contributed by atoms with Crippen molar-refractivity contribution in [2.45, 2.75) is 6.18 Å². The number of nitrogens with one attached hydrogen (secondary N) is 1. The van der Waals surface area contributed by atoms with Gasteiger partial charge in [-0.1, -0.05) is 0 Å². The molecule has 0 fully saturated rings. The highest BCUT2D eigenvalue weighted by Gasteiger charge is 2.31. The van der Waals surface area contributed by atoms with Gasteiger partial charge in [0, 0.05) is 8.35 Å². The topological polar surface area (TPSA) is 28.7 Å². The first-order valence-corrected chi connectivity index (χ1v) is 2.93. The first kappa shape index (κ1) is 6.55. The maximum absolute atomic E-state index is 11.6. The van der Waals surface area contributed by atoms with Crippen LogP contribution in [-0.2, 0) is 6.18 Å². The highest BCUT2D eigenvalue weighted by molar-refractivity contribution is 7.26. The standard InChI is InChI=1S/C3H2F3N2P/c4-3(5,6)2-1-7-8-9-2/h1H,(H,7,8). The van der Waals surface area contributed by atoms with Crippen molar-refractivity contribution in [3.63, 3.8) is 0 Å². The fourth-order valence-corrected chi connectivity index (χ4v) is 0.804. The molecule has 0 amide bonds. The predicted octanol–water partition coefficient (Wildman–Crippen LogP) is 2.01. The zero-order valence-electron chi connectivity index (χ0n) is 4.11. The Kier molecular flexibility index (Phi) is 1.45. The first-order valence-electron chi connectivity index (χ1n) is 2.03. The Balaban J connectivity index is 2.90. The monoisotopic (exact) mass is 154 g/mol. The summed E-state index contributed by atoms with van der Waals surface area (Å²) >= 11 is 0. The molecule has 1 N–H and O–H groups in total. The molecular weight excluding hydrogens is 152 g/mol. The summed E-state index contributed by atoms with van der Waals surface area (Å²) in [5.41, 5.74) is 0. The molecule has 0 aliphatic heterocycles. The molecule has 0 aliphatic rings. The van der Waals surface area contributed by atoms with Crippen LogP contribution in [0.25, 0.3) is 0 Å². The molecule has 9 heavy (non-hydrogen) atoms. The number of rotatable bonds is 0. The zero-order chi connectivity index (χ0) is 6.91. The number of H-pyrrole nitrogens is 1. The molecule has 0 atom stereocenters. The van der Waals surface area contributed by atoms with E-state index in [2.05, 4.69) is 9.96 Å². The number of halogens is 3. The van der Waals surface area contributed by atoms with Crippen molar-refractivity contribution in [3.8, 4) is 0 Å². The van der Waals surface area contributed by atoms with E-state index in [-0.39, 0.29) is 8.35 Å². The average Bonchev–Trinajstić information content (AvgIpc) is 2.08. The predicted molar refractivity (Wildman–Crippen MR) is 26.1 cm³/mol. The van der Waals surface area contributed by atoms with Gasteiger partial charge in [-0.25, -0.2) is 0 Å². The molecule has 0 aliphatic carbocycles. The minimum absolute atomic E-state index is 0.0197. The molecule has 0 bridgehead atoms. The van der Waals surface area contributed by atoms with Gasteiger partial charge in [-0.3, -0.25) is 4.86 Å². The molecule has 50 valence electrons. The second-order valence-corrected chi connectivity index (χ2v) is 2.26. The quantitative estimate of drug-likeness (QED) is 0.608. The molecule has 0 saturated heterocycles. The van der Waals surface area contributed by atoms with Gasteiger partial charge in [0.25, 0.3) is 0 Å². The van der Waals surface area contributed by atoms with E-state index in [4.69, 9.17) is 0 Å². The average molecular weight is 154 g/mol. The summed E-state index contributed by atoms with van der Waals surface area (Å²) in [6, 6.07) is 0. The summed E-state index contributed by atoms with van der Waals surface area (Å²) in [6.45, 7) is 0. The van der Waals surface area contributed by atoms with Crippen LogP contribution in [0.3, 0.4) is 0 Å². The fraction of sp³-hybridized carbons (Fsp3) is 0.333. The van der Waals surface area contributed by atoms with Gasteiger partial charge < -0.3 is 0 Å². The number of nitrogens with zero attached hydrogens (tertiary/aromatic N) is 1. The van der Waals surface area contributed by atoms with Crippen LogP contribution in [0.1, 0.15) is 5.30 Å². The molecule has 1 aromatic rings. The van der Waals surface area contributed by atoms with Gasteiger partial charge in [0.1, 0.15) is 5.30 Å². The summed E-state index contributed by atoms with van der Waals surface area (Å²) in [6.07, 6.45) is -3.45. The van der Waals surface area contributed by atoms with Crippen molar-refractivity contribution in [3.05, 3.63) is 11.5 Å².